The van der Waals surface area contributed by atoms with Crippen molar-refractivity contribution >= 4 is 11.9 Å². The highest BCUT2D eigenvalue weighted by molar-refractivity contribution is 5.81. The first-order valence-electron chi connectivity index (χ1n) is 5.76. The summed E-state index contributed by atoms with van der Waals surface area (Å²) in [5, 5.41) is 3.54. The Kier molecular flexibility index (Phi) is 3.80. The monoisotopic (exact) mass is 292 g/mol. The summed E-state index contributed by atoms with van der Waals surface area (Å²) in [6.07, 6.45) is -3.54. The van der Waals surface area contributed by atoms with E-state index < -0.39 is 36.5 Å². The SMILES string of the molecule is O=C(COOC(=O)n1cccn1)CC1(C(F)(F)F)CC1. The molecule has 0 radical (unpaired) electrons. The molecule has 0 N–H and O–H groups in total. The van der Waals surface area contributed by atoms with Crippen LogP contribution < -0.4 is 0 Å². The average Bonchev–Trinajstić information content (AvgIpc) is 2.93. The maximum Gasteiger partial charge on any atom is 0.465 e. The summed E-state index contributed by atoms with van der Waals surface area (Å²) < 4.78 is 38.6. The number of Topliss-reactive ketones (excluding diaryl/α,β-unsaturated/α-hetero) is 1. The van der Waals surface area contributed by atoms with Gasteiger partial charge in [-0.1, -0.05) is 0 Å². The second-order valence-corrected chi connectivity index (χ2v) is 4.56. The third-order valence-electron chi connectivity index (χ3n) is 3.03. The third kappa shape index (κ3) is 3.16. The number of rotatable bonds is 5. The summed E-state index contributed by atoms with van der Waals surface area (Å²) in [5.41, 5.74) is -1.92. The molecule has 1 aliphatic rings. The van der Waals surface area contributed by atoms with Gasteiger partial charge < -0.3 is 0 Å². The van der Waals surface area contributed by atoms with Gasteiger partial charge in [0.15, 0.2) is 12.4 Å². The van der Waals surface area contributed by atoms with E-state index in [4.69, 9.17) is 0 Å². The van der Waals surface area contributed by atoms with E-state index in [0.717, 1.165) is 4.68 Å². The van der Waals surface area contributed by atoms with Gasteiger partial charge >= 0.3 is 12.3 Å². The summed E-state index contributed by atoms with van der Waals surface area (Å²) in [4.78, 5) is 31.2. The third-order valence-corrected chi connectivity index (χ3v) is 3.03. The van der Waals surface area contributed by atoms with Crippen LogP contribution in [0.15, 0.2) is 18.5 Å². The Labute approximate surface area is 111 Å². The summed E-state index contributed by atoms with van der Waals surface area (Å²) in [7, 11) is 0. The molecule has 6 nitrogen and oxygen atoms in total. The van der Waals surface area contributed by atoms with Crippen LogP contribution >= 0.6 is 0 Å². The lowest BCUT2D eigenvalue weighted by Gasteiger charge is -2.17. The Hall–Kier alpha value is -1.90. The van der Waals surface area contributed by atoms with Crippen molar-refractivity contribution < 1.29 is 32.5 Å². The summed E-state index contributed by atoms with van der Waals surface area (Å²) in [6, 6.07) is 1.46. The van der Waals surface area contributed by atoms with Crippen LogP contribution in [0.5, 0.6) is 0 Å². The first-order chi connectivity index (χ1) is 9.34. The molecule has 0 amide bonds. The average molecular weight is 292 g/mol. The number of alkyl halides is 3. The van der Waals surface area contributed by atoms with Crippen molar-refractivity contribution in [1.82, 2.24) is 9.78 Å². The van der Waals surface area contributed by atoms with Gasteiger partial charge in [-0.3, -0.25) is 9.68 Å². The van der Waals surface area contributed by atoms with Crippen molar-refractivity contribution in [3.05, 3.63) is 18.5 Å². The van der Waals surface area contributed by atoms with Crippen LogP contribution in [0, 0.1) is 5.41 Å². The highest BCUT2D eigenvalue weighted by Crippen LogP contribution is 2.59. The number of aromatic nitrogens is 2. The van der Waals surface area contributed by atoms with E-state index in [1.807, 2.05) is 0 Å². The normalized spacial score (nSPS) is 16.8. The molecule has 1 aromatic rings. The van der Waals surface area contributed by atoms with E-state index in [2.05, 4.69) is 14.9 Å². The van der Waals surface area contributed by atoms with E-state index in [-0.39, 0.29) is 12.8 Å². The standard InChI is InChI=1S/C11H11F3N2O4/c12-11(13,14)10(2-3-10)6-8(17)7-19-20-9(18)16-5-1-4-15-16/h1,4-5H,2-3,6-7H2. The topological polar surface area (TPSA) is 70.4 Å². The van der Waals surface area contributed by atoms with Crippen LogP contribution in [0.25, 0.3) is 0 Å². The predicted octanol–water partition coefficient (Wildman–Crippen LogP) is 2.10. The minimum Gasteiger partial charge on any atom is -0.297 e. The van der Waals surface area contributed by atoms with Gasteiger partial charge in [-0.2, -0.15) is 27.8 Å². The van der Waals surface area contributed by atoms with Crippen LogP contribution in [0.4, 0.5) is 18.0 Å². The maximum absolute atomic E-state index is 12.6. The fourth-order valence-corrected chi connectivity index (χ4v) is 1.70. The van der Waals surface area contributed by atoms with Crippen LogP contribution in [-0.2, 0) is 14.6 Å². The Morgan fingerprint density at radius 1 is 1.35 bits per heavy atom. The minimum absolute atomic E-state index is 0.0602. The number of hydrogen-bond acceptors (Lipinski definition) is 5. The van der Waals surface area contributed by atoms with E-state index >= 15 is 0 Å². The lowest BCUT2D eigenvalue weighted by atomic mass is 9.99. The van der Waals surface area contributed by atoms with Crippen LogP contribution in [0.1, 0.15) is 19.3 Å². The van der Waals surface area contributed by atoms with E-state index in [1.165, 1.54) is 18.5 Å². The molecule has 0 bridgehead atoms. The van der Waals surface area contributed by atoms with Gasteiger partial charge in [0.25, 0.3) is 0 Å². The number of hydrogen-bond donors (Lipinski definition) is 0. The lowest BCUT2D eigenvalue weighted by molar-refractivity contribution is -0.237. The largest absolute Gasteiger partial charge is 0.465 e. The highest BCUT2D eigenvalue weighted by atomic mass is 19.4. The molecule has 0 atom stereocenters. The van der Waals surface area contributed by atoms with Gasteiger partial charge in [0.2, 0.25) is 0 Å². The van der Waals surface area contributed by atoms with Gasteiger partial charge in [-0.25, -0.2) is 4.79 Å². The van der Waals surface area contributed by atoms with E-state index in [9.17, 15) is 22.8 Å². The van der Waals surface area contributed by atoms with Gasteiger partial charge in [0, 0.05) is 18.8 Å². The molecular formula is C11H11F3N2O4. The fraction of sp³-hybridized carbons (Fsp3) is 0.545. The molecule has 1 heterocycles. The number of nitrogens with zero attached hydrogens (tertiary/aromatic N) is 2. The Bertz CT molecular complexity index is 494. The molecule has 20 heavy (non-hydrogen) atoms. The Morgan fingerprint density at radius 3 is 2.55 bits per heavy atom. The number of halogens is 3. The van der Waals surface area contributed by atoms with Crippen LogP contribution in [-0.4, -0.2) is 34.4 Å². The highest BCUT2D eigenvalue weighted by Gasteiger charge is 2.63. The molecule has 1 aliphatic carbocycles. The smallest absolute Gasteiger partial charge is 0.297 e. The summed E-state index contributed by atoms with van der Waals surface area (Å²) in [5.74, 6) is -0.770. The molecule has 1 saturated carbocycles. The first-order valence-corrected chi connectivity index (χ1v) is 5.76. The molecule has 1 fully saturated rings. The van der Waals surface area contributed by atoms with Gasteiger partial charge in [-0.15, -0.1) is 0 Å². The van der Waals surface area contributed by atoms with Crippen molar-refractivity contribution in [3.8, 4) is 0 Å². The summed E-state index contributed by atoms with van der Waals surface area (Å²) >= 11 is 0. The van der Waals surface area contributed by atoms with Crippen molar-refractivity contribution in [1.29, 1.82) is 0 Å². The minimum atomic E-state index is -4.39. The number of ketones is 1. The second-order valence-electron chi connectivity index (χ2n) is 4.56. The molecule has 0 unspecified atom stereocenters. The first kappa shape index (κ1) is 14.5. The molecule has 0 aliphatic heterocycles. The molecule has 0 spiro atoms. The summed E-state index contributed by atoms with van der Waals surface area (Å²) in [6.45, 7) is -0.717. The lowest BCUT2D eigenvalue weighted by Crippen LogP contribution is -2.29. The van der Waals surface area contributed by atoms with Gasteiger partial charge in [-0.05, 0) is 18.9 Å². The van der Waals surface area contributed by atoms with Gasteiger partial charge in [0.1, 0.15) is 0 Å². The predicted molar refractivity (Wildman–Crippen MR) is 57.4 cm³/mol. The van der Waals surface area contributed by atoms with Crippen molar-refractivity contribution in [2.24, 2.45) is 5.41 Å². The fourth-order valence-electron chi connectivity index (χ4n) is 1.70. The zero-order valence-electron chi connectivity index (χ0n) is 10.2. The van der Waals surface area contributed by atoms with Crippen molar-refractivity contribution in [2.75, 3.05) is 6.61 Å². The second kappa shape index (κ2) is 5.23. The molecular weight excluding hydrogens is 281 g/mol. The van der Waals surface area contributed by atoms with Crippen LogP contribution in [0.3, 0.4) is 0 Å². The number of carbonyl (C=O) groups excluding carboxylic acids is 2. The molecule has 1 aromatic heterocycles. The van der Waals surface area contributed by atoms with Crippen molar-refractivity contribution in [2.45, 2.75) is 25.4 Å². The molecule has 2 rings (SSSR count). The Balaban J connectivity index is 1.73. The molecule has 0 saturated heterocycles. The van der Waals surface area contributed by atoms with Crippen LogP contribution in [0.2, 0.25) is 0 Å². The zero-order chi connectivity index (χ0) is 14.8. The molecule has 110 valence electrons. The molecule has 9 heteroatoms. The maximum atomic E-state index is 12.6. The van der Waals surface area contributed by atoms with Gasteiger partial charge in [0.05, 0.1) is 5.41 Å². The van der Waals surface area contributed by atoms with E-state index in [1.54, 1.807) is 0 Å². The van der Waals surface area contributed by atoms with Crippen molar-refractivity contribution in [3.63, 3.8) is 0 Å². The zero-order valence-corrected chi connectivity index (χ0v) is 10.2. The van der Waals surface area contributed by atoms with E-state index in [0.29, 0.717) is 0 Å². The quantitative estimate of drug-likeness (QED) is 0.614. The molecule has 0 aromatic carbocycles. The number of carbonyl (C=O) groups is 2. The Morgan fingerprint density at radius 2 is 2.05 bits per heavy atom.